The lowest BCUT2D eigenvalue weighted by atomic mass is 10.2. The van der Waals surface area contributed by atoms with Crippen molar-refractivity contribution in [3.8, 4) is 0 Å². The van der Waals surface area contributed by atoms with Gasteiger partial charge in [-0.3, -0.25) is 4.79 Å². The number of carbonyl (C=O) groups is 1. The highest BCUT2D eigenvalue weighted by molar-refractivity contribution is 7.88. The Morgan fingerprint density at radius 3 is 2.42 bits per heavy atom. The molecular weight excluding hydrogens is 266 g/mol. The van der Waals surface area contributed by atoms with Crippen molar-refractivity contribution in [3.05, 3.63) is 0 Å². The molecule has 19 heavy (non-hydrogen) atoms. The molecule has 0 aromatic heterocycles. The van der Waals surface area contributed by atoms with Crippen LogP contribution in [0.2, 0.25) is 0 Å². The van der Waals surface area contributed by atoms with E-state index >= 15 is 0 Å². The van der Waals surface area contributed by atoms with Crippen LogP contribution in [0, 0.1) is 0 Å². The average Bonchev–Trinajstić information content (AvgIpc) is 2.34. The van der Waals surface area contributed by atoms with Gasteiger partial charge in [0.1, 0.15) is 0 Å². The van der Waals surface area contributed by atoms with E-state index in [1.54, 1.807) is 6.92 Å². The smallest absolute Gasteiger partial charge is 0.233 e. The van der Waals surface area contributed by atoms with Crippen LogP contribution in [-0.2, 0) is 14.8 Å². The lowest BCUT2D eigenvalue weighted by Crippen LogP contribution is -2.39. The maximum absolute atomic E-state index is 11.5. The zero-order valence-corrected chi connectivity index (χ0v) is 13.2. The van der Waals surface area contributed by atoms with Crippen molar-refractivity contribution in [3.63, 3.8) is 0 Å². The van der Waals surface area contributed by atoms with Gasteiger partial charge in [-0.2, -0.15) is 0 Å². The second-order valence-electron chi connectivity index (χ2n) is 4.65. The van der Waals surface area contributed by atoms with Crippen molar-refractivity contribution in [1.82, 2.24) is 14.9 Å². The summed E-state index contributed by atoms with van der Waals surface area (Å²) in [5.41, 5.74) is 0. The molecule has 114 valence electrons. The normalized spacial score (nSPS) is 13.5. The second kappa shape index (κ2) is 9.28. The summed E-state index contributed by atoms with van der Waals surface area (Å²) in [6.07, 6.45) is 2.80. The van der Waals surface area contributed by atoms with Crippen molar-refractivity contribution in [1.29, 1.82) is 0 Å². The minimum Gasteiger partial charge on any atom is -0.355 e. The van der Waals surface area contributed by atoms with Gasteiger partial charge >= 0.3 is 0 Å². The number of hydrogen-bond donors (Lipinski definition) is 2. The van der Waals surface area contributed by atoms with Crippen molar-refractivity contribution < 1.29 is 13.2 Å². The van der Waals surface area contributed by atoms with Gasteiger partial charge in [0, 0.05) is 25.7 Å². The van der Waals surface area contributed by atoms with E-state index < -0.39 is 10.0 Å². The molecule has 0 radical (unpaired) electrons. The minimum absolute atomic E-state index is 0.0531. The molecule has 6 nitrogen and oxygen atoms in total. The summed E-state index contributed by atoms with van der Waals surface area (Å²) in [5.74, 6) is -0.0531. The maximum Gasteiger partial charge on any atom is 0.233 e. The Morgan fingerprint density at radius 2 is 1.95 bits per heavy atom. The zero-order chi connectivity index (χ0) is 14.9. The SMILES string of the molecule is CCC(C)NCC(=O)NCCCN(CC)S(C)(=O)=O. The van der Waals surface area contributed by atoms with Crippen LogP contribution in [0.4, 0.5) is 0 Å². The van der Waals surface area contributed by atoms with E-state index in [1.807, 2.05) is 6.92 Å². The summed E-state index contributed by atoms with van der Waals surface area (Å²) in [4.78, 5) is 11.5. The van der Waals surface area contributed by atoms with Gasteiger partial charge in [0.05, 0.1) is 12.8 Å². The topological polar surface area (TPSA) is 78.5 Å². The number of rotatable bonds is 10. The first-order chi connectivity index (χ1) is 8.81. The van der Waals surface area contributed by atoms with Crippen molar-refractivity contribution in [2.45, 2.75) is 39.7 Å². The lowest BCUT2D eigenvalue weighted by Gasteiger charge is -2.17. The fourth-order valence-corrected chi connectivity index (χ4v) is 2.45. The fourth-order valence-electron chi connectivity index (χ4n) is 1.52. The molecule has 0 aromatic carbocycles. The highest BCUT2D eigenvalue weighted by Crippen LogP contribution is 1.98. The first kappa shape index (κ1) is 18.3. The molecule has 0 heterocycles. The van der Waals surface area contributed by atoms with Gasteiger partial charge in [-0.15, -0.1) is 0 Å². The molecular formula is C12H27N3O3S. The Bertz CT molecular complexity index is 357. The third-order valence-electron chi connectivity index (χ3n) is 2.95. The molecule has 0 bridgehead atoms. The third-order valence-corrected chi connectivity index (χ3v) is 4.33. The molecule has 1 unspecified atom stereocenters. The Hall–Kier alpha value is -0.660. The second-order valence-corrected chi connectivity index (χ2v) is 6.63. The van der Waals surface area contributed by atoms with Crippen LogP contribution in [-0.4, -0.2) is 57.1 Å². The van der Waals surface area contributed by atoms with Crippen LogP contribution < -0.4 is 10.6 Å². The van der Waals surface area contributed by atoms with Gasteiger partial charge in [-0.1, -0.05) is 13.8 Å². The number of sulfonamides is 1. The quantitative estimate of drug-likeness (QED) is 0.563. The summed E-state index contributed by atoms with van der Waals surface area (Å²) >= 11 is 0. The van der Waals surface area contributed by atoms with Gasteiger partial charge < -0.3 is 10.6 Å². The maximum atomic E-state index is 11.5. The number of carbonyl (C=O) groups excluding carboxylic acids is 1. The van der Waals surface area contributed by atoms with Crippen LogP contribution in [0.15, 0.2) is 0 Å². The van der Waals surface area contributed by atoms with Crippen LogP contribution in [0.25, 0.3) is 0 Å². The van der Waals surface area contributed by atoms with E-state index in [-0.39, 0.29) is 5.91 Å². The molecule has 0 saturated carbocycles. The molecule has 0 fully saturated rings. The molecule has 7 heteroatoms. The Balaban J connectivity index is 3.77. The molecule has 0 aliphatic heterocycles. The third kappa shape index (κ3) is 8.96. The number of nitrogens with zero attached hydrogens (tertiary/aromatic N) is 1. The molecule has 1 amide bonds. The van der Waals surface area contributed by atoms with Crippen LogP contribution in [0.5, 0.6) is 0 Å². The predicted octanol–water partition coefficient (Wildman–Crippen LogP) is 0.162. The number of nitrogens with one attached hydrogen (secondary N) is 2. The monoisotopic (exact) mass is 293 g/mol. The summed E-state index contributed by atoms with van der Waals surface area (Å²) in [7, 11) is -3.13. The zero-order valence-electron chi connectivity index (χ0n) is 12.4. The van der Waals surface area contributed by atoms with Crippen LogP contribution in [0.1, 0.15) is 33.6 Å². The summed E-state index contributed by atoms with van der Waals surface area (Å²) in [6.45, 7) is 7.58. The van der Waals surface area contributed by atoms with Crippen molar-refractivity contribution in [2.24, 2.45) is 0 Å². The first-order valence-corrected chi connectivity index (χ1v) is 8.61. The molecule has 0 aromatic rings. The van der Waals surface area contributed by atoms with E-state index in [0.29, 0.717) is 38.6 Å². The minimum atomic E-state index is -3.13. The van der Waals surface area contributed by atoms with Gasteiger partial charge in [-0.25, -0.2) is 12.7 Å². The van der Waals surface area contributed by atoms with E-state index in [1.165, 1.54) is 10.6 Å². The van der Waals surface area contributed by atoms with E-state index in [2.05, 4.69) is 17.6 Å². The fraction of sp³-hybridized carbons (Fsp3) is 0.917. The summed E-state index contributed by atoms with van der Waals surface area (Å²) < 4.78 is 24.1. The van der Waals surface area contributed by atoms with Gasteiger partial charge in [0.15, 0.2) is 0 Å². The van der Waals surface area contributed by atoms with Crippen LogP contribution >= 0.6 is 0 Å². The van der Waals surface area contributed by atoms with E-state index in [9.17, 15) is 13.2 Å². The van der Waals surface area contributed by atoms with E-state index in [4.69, 9.17) is 0 Å². The molecule has 0 aliphatic carbocycles. The van der Waals surface area contributed by atoms with E-state index in [0.717, 1.165) is 6.42 Å². The van der Waals surface area contributed by atoms with Crippen LogP contribution in [0.3, 0.4) is 0 Å². The molecule has 1 atom stereocenters. The Kier molecular flexibility index (Phi) is 8.95. The van der Waals surface area contributed by atoms with Gasteiger partial charge in [-0.05, 0) is 19.8 Å². The Morgan fingerprint density at radius 1 is 1.32 bits per heavy atom. The number of hydrogen-bond acceptors (Lipinski definition) is 4. The molecule has 0 aliphatic rings. The summed E-state index contributed by atoms with van der Waals surface area (Å²) in [6, 6.07) is 0.326. The first-order valence-electron chi connectivity index (χ1n) is 6.76. The highest BCUT2D eigenvalue weighted by atomic mass is 32.2. The highest BCUT2D eigenvalue weighted by Gasteiger charge is 2.13. The predicted molar refractivity (Wildman–Crippen MR) is 77.5 cm³/mol. The summed E-state index contributed by atoms with van der Waals surface area (Å²) in [5, 5.41) is 5.87. The van der Waals surface area contributed by atoms with Crippen molar-refractivity contribution in [2.75, 3.05) is 32.4 Å². The van der Waals surface area contributed by atoms with Gasteiger partial charge in [0.25, 0.3) is 0 Å². The molecule has 0 saturated heterocycles. The average molecular weight is 293 g/mol. The molecule has 0 rings (SSSR count). The standard InChI is InChI=1S/C12H27N3O3S/c1-5-11(3)14-10-12(16)13-8-7-9-15(6-2)19(4,17)18/h11,14H,5-10H2,1-4H3,(H,13,16). The number of amides is 1. The Labute approximate surface area is 117 Å². The molecule has 0 spiro atoms. The molecule has 2 N–H and O–H groups in total. The van der Waals surface area contributed by atoms with Gasteiger partial charge in [0.2, 0.25) is 15.9 Å². The lowest BCUT2D eigenvalue weighted by molar-refractivity contribution is -0.120. The largest absolute Gasteiger partial charge is 0.355 e. The van der Waals surface area contributed by atoms with Crippen molar-refractivity contribution >= 4 is 15.9 Å².